The van der Waals surface area contributed by atoms with Gasteiger partial charge in [0.05, 0.1) is 17.9 Å². The van der Waals surface area contributed by atoms with Gasteiger partial charge in [0.1, 0.15) is 0 Å². The van der Waals surface area contributed by atoms with Crippen LogP contribution in [0.2, 0.25) is 0 Å². The fourth-order valence-corrected chi connectivity index (χ4v) is 1.76. The van der Waals surface area contributed by atoms with E-state index in [0.29, 0.717) is 18.1 Å². The van der Waals surface area contributed by atoms with Gasteiger partial charge in [-0.2, -0.15) is 0 Å². The van der Waals surface area contributed by atoms with Crippen molar-refractivity contribution in [2.45, 2.75) is 6.92 Å². The maximum atomic E-state index is 10.9. The molecule has 0 spiro atoms. The van der Waals surface area contributed by atoms with Gasteiger partial charge in [-0.15, -0.1) is 0 Å². The number of hydrogen-bond donors (Lipinski definition) is 2. The van der Waals surface area contributed by atoms with Crippen molar-refractivity contribution in [1.82, 2.24) is 4.98 Å². The first-order valence-electron chi connectivity index (χ1n) is 6.43. The molecule has 5 nitrogen and oxygen atoms in total. The third-order valence-electron chi connectivity index (χ3n) is 2.76. The summed E-state index contributed by atoms with van der Waals surface area (Å²) in [4.78, 5) is 15.0. The van der Waals surface area contributed by atoms with E-state index in [1.165, 1.54) is 18.3 Å². The summed E-state index contributed by atoms with van der Waals surface area (Å²) < 4.78 is 5.30. The van der Waals surface area contributed by atoms with E-state index in [-0.39, 0.29) is 11.3 Å². The van der Waals surface area contributed by atoms with Gasteiger partial charge in [-0.3, -0.25) is 4.98 Å². The minimum absolute atomic E-state index is 0.0833. The largest absolute Gasteiger partial charge is 0.504 e. The van der Waals surface area contributed by atoms with Crippen LogP contribution in [0.1, 0.15) is 28.5 Å². The van der Waals surface area contributed by atoms with Crippen molar-refractivity contribution >= 4 is 18.1 Å². The fraction of sp³-hybridized carbons (Fsp3) is 0.125. The summed E-state index contributed by atoms with van der Waals surface area (Å²) in [5, 5.41) is 18.5. The third kappa shape index (κ3) is 3.82. The molecule has 0 fully saturated rings. The van der Waals surface area contributed by atoms with E-state index in [2.05, 4.69) is 4.98 Å². The fourth-order valence-electron chi connectivity index (χ4n) is 1.76. The Bertz CT molecular complexity index is 680. The smallest absolute Gasteiger partial charge is 0.335 e. The number of carboxylic acid groups (broad SMARTS) is 1. The van der Waals surface area contributed by atoms with Gasteiger partial charge in [0.25, 0.3) is 0 Å². The zero-order valence-electron chi connectivity index (χ0n) is 11.5. The van der Waals surface area contributed by atoms with E-state index in [0.717, 1.165) is 5.56 Å². The lowest BCUT2D eigenvalue weighted by atomic mass is 10.1. The molecular formula is C16H15NO4. The first-order valence-corrected chi connectivity index (χ1v) is 6.43. The normalized spacial score (nSPS) is 10.7. The number of rotatable bonds is 5. The average molecular weight is 285 g/mol. The van der Waals surface area contributed by atoms with E-state index < -0.39 is 5.97 Å². The van der Waals surface area contributed by atoms with Crippen LogP contribution in [0.15, 0.2) is 36.5 Å². The highest BCUT2D eigenvalue weighted by molar-refractivity contribution is 5.88. The molecule has 0 aliphatic carbocycles. The molecule has 5 heteroatoms. The highest BCUT2D eigenvalue weighted by Crippen LogP contribution is 2.27. The van der Waals surface area contributed by atoms with Gasteiger partial charge in [0.2, 0.25) is 0 Å². The molecular weight excluding hydrogens is 270 g/mol. The van der Waals surface area contributed by atoms with E-state index in [4.69, 9.17) is 9.84 Å². The summed E-state index contributed by atoms with van der Waals surface area (Å²) in [6.07, 6.45) is 4.93. The molecule has 0 amide bonds. The van der Waals surface area contributed by atoms with Crippen molar-refractivity contribution in [3.05, 3.63) is 53.3 Å². The Labute approximate surface area is 122 Å². The molecule has 1 heterocycles. The molecule has 2 rings (SSSR count). The van der Waals surface area contributed by atoms with Gasteiger partial charge < -0.3 is 14.9 Å². The van der Waals surface area contributed by atoms with E-state index >= 15 is 0 Å². The van der Waals surface area contributed by atoms with Gasteiger partial charge in [-0.05, 0) is 42.8 Å². The number of nitrogens with zero attached hydrogens (tertiary/aromatic N) is 1. The minimum atomic E-state index is -0.990. The van der Waals surface area contributed by atoms with E-state index in [1.807, 2.05) is 6.92 Å². The first kappa shape index (κ1) is 14.6. The summed E-state index contributed by atoms with van der Waals surface area (Å²) in [5.41, 5.74) is 1.55. The number of phenols is 1. The SMILES string of the molecule is CCOc1cc(/C=C/c2cc(C(=O)O)ccn2)ccc1O. The molecule has 1 aromatic carbocycles. The number of aromatic nitrogens is 1. The number of hydrogen-bond acceptors (Lipinski definition) is 4. The van der Waals surface area contributed by atoms with Crippen LogP contribution in [0.25, 0.3) is 12.2 Å². The number of phenolic OH excluding ortho intramolecular Hbond substituents is 1. The third-order valence-corrected chi connectivity index (χ3v) is 2.76. The molecule has 2 N–H and O–H groups in total. The lowest BCUT2D eigenvalue weighted by molar-refractivity contribution is 0.0696. The van der Waals surface area contributed by atoms with Crippen molar-refractivity contribution < 1.29 is 19.7 Å². The summed E-state index contributed by atoms with van der Waals surface area (Å²) in [6, 6.07) is 7.91. The first-order chi connectivity index (χ1) is 10.1. The zero-order chi connectivity index (χ0) is 15.2. The molecule has 1 aromatic heterocycles. The molecule has 2 aromatic rings. The van der Waals surface area contributed by atoms with Crippen LogP contribution in [0.4, 0.5) is 0 Å². The lowest BCUT2D eigenvalue weighted by Gasteiger charge is -2.06. The van der Waals surface area contributed by atoms with Crippen LogP contribution in [0, 0.1) is 0 Å². The van der Waals surface area contributed by atoms with Crippen molar-refractivity contribution in [3.8, 4) is 11.5 Å². The average Bonchev–Trinajstić information content (AvgIpc) is 2.48. The number of carbonyl (C=O) groups is 1. The minimum Gasteiger partial charge on any atom is -0.504 e. The number of pyridine rings is 1. The summed E-state index contributed by atoms with van der Waals surface area (Å²) >= 11 is 0. The van der Waals surface area contributed by atoms with Crippen LogP contribution in [0.3, 0.4) is 0 Å². The molecule has 108 valence electrons. The number of ether oxygens (including phenoxy) is 1. The van der Waals surface area contributed by atoms with E-state index in [1.54, 1.807) is 30.4 Å². The van der Waals surface area contributed by atoms with Crippen LogP contribution in [-0.2, 0) is 0 Å². The second-order valence-corrected chi connectivity index (χ2v) is 4.27. The molecule has 0 bridgehead atoms. The zero-order valence-corrected chi connectivity index (χ0v) is 11.5. The van der Waals surface area contributed by atoms with Crippen molar-refractivity contribution in [2.75, 3.05) is 6.61 Å². The Morgan fingerprint density at radius 1 is 1.29 bits per heavy atom. The van der Waals surface area contributed by atoms with Crippen LogP contribution >= 0.6 is 0 Å². The monoisotopic (exact) mass is 285 g/mol. The molecule has 0 atom stereocenters. The van der Waals surface area contributed by atoms with Crippen molar-refractivity contribution in [2.24, 2.45) is 0 Å². The maximum Gasteiger partial charge on any atom is 0.335 e. The van der Waals surface area contributed by atoms with Gasteiger partial charge in [-0.25, -0.2) is 4.79 Å². The summed E-state index contributed by atoms with van der Waals surface area (Å²) in [6.45, 7) is 2.30. The van der Waals surface area contributed by atoms with Gasteiger partial charge in [0.15, 0.2) is 11.5 Å². The quantitative estimate of drug-likeness (QED) is 0.882. The molecule has 0 unspecified atom stereocenters. The molecule has 0 saturated heterocycles. The topological polar surface area (TPSA) is 79.7 Å². The molecule has 0 aliphatic rings. The Morgan fingerprint density at radius 2 is 2.10 bits per heavy atom. The second kappa shape index (κ2) is 6.56. The number of aromatic hydroxyl groups is 1. The maximum absolute atomic E-state index is 10.9. The Balaban J connectivity index is 2.23. The van der Waals surface area contributed by atoms with Crippen LogP contribution in [0.5, 0.6) is 11.5 Å². The Hall–Kier alpha value is -2.82. The van der Waals surface area contributed by atoms with E-state index in [9.17, 15) is 9.90 Å². The number of carboxylic acids is 1. The summed E-state index contributed by atoms with van der Waals surface area (Å²) in [5.74, 6) is -0.498. The number of benzene rings is 1. The Morgan fingerprint density at radius 3 is 2.81 bits per heavy atom. The van der Waals surface area contributed by atoms with Crippen molar-refractivity contribution in [1.29, 1.82) is 0 Å². The molecule has 21 heavy (non-hydrogen) atoms. The lowest BCUT2D eigenvalue weighted by Crippen LogP contribution is -1.96. The number of aromatic carboxylic acids is 1. The predicted octanol–water partition coefficient (Wildman–Crippen LogP) is 3.05. The van der Waals surface area contributed by atoms with Gasteiger partial charge >= 0.3 is 5.97 Å². The highest BCUT2D eigenvalue weighted by Gasteiger charge is 2.03. The van der Waals surface area contributed by atoms with Crippen LogP contribution < -0.4 is 4.74 Å². The van der Waals surface area contributed by atoms with Gasteiger partial charge in [-0.1, -0.05) is 12.1 Å². The molecule has 0 radical (unpaired) electrons. The summed E-state index contributed by atoms with van der Waals surface area (Å²) in [7, 11) is 0. The standard InChI is InChI=1S/C16H15NO4/c1-2-21-15-9-11(4-6-14(15)18)3-5-13-10-12(16(19)20)7-8-17-13/h3-10,18H,2H2,1H3,(H,19,20)/b5-3+. The predicted molar refractivity (Wildman–Crippen MR) is 79.4 cm³/mol. The molecule has 0 aliphatic heterocycles. The van der Waals surface area contributed by atoms with Crippen molar-refractivity contribution in [3.63, 3.8) is 0 Å². The Kier molecular flexibility index (Phi) is 4.56. The van der Waals surface area contributed by atoms with Crippen LogP contribution in [-0.4, -0.2) is 27.8 Å². The molecule has 0 saturated carbocycles. The highest BCUT2D eigenvalue weighted by atomic mass is 16.5. The van der Waals surface area contributed by atoms with Gasteiger partial charge in [0, 0.05) is 6.20 Å². The second-order valence-electron chi connectivity index (χ2n) is 4.27.